The summed E-state index contributed by atoms with van der Waals surface area (Å²) >= 11 is 0. The molecule has 0 radical (unpaired) electrons. The minimum Gasteiger partial charge on any atom is -0.469 e. The summed E-state index contributed by atoms with van der Waals surface area (Å²) in [5.74, 6) is -0.516. The highest BCUT2D eigenvalue weighted by Crippen LogP contribution is 2.37. The number of methoxy groups -OCH3 is 1. The smallest absolute Gasteiger partial charge is 0.307 e. The topological polar surface area (TPSA) is 81.4 Å². The second-order valence-corrected chi connectivity index (χ2v) is 6.02. The third-order valence-corrected chi connectivity index (χ3v) is 4.31. The standard InChI is InChI=1S/C19H20N2O4/c1-11(22)16-10-14-13-6-4-5-7-15(13)20-18(14)19(12(2)23)21(16)9-8-17(24)25-3/h4-7,10,12,23H,8-9H2,1-3H3. The number of rotatable bonds is 5. The number of ketones is 1. The van der Waals surface area contributed by atoms with Gasteiger partial charge in [0, 0.05) is 24.4 Å². The first-order chi connectivity index (χ1) is 11.9. The molecule has 6 heteroatoms. The minimum absolute atomic E-state index is 0.104. The number of ether oxygens (including phenoxy) is 1. The van der Waals surface area contributed by atoms with Crippen LogP contribution < -0.4 is 0 Å². The Balaban J connectivity index is 2.30. The van der Waals surface area contributed by atoms with E-state index in [2.05, 4.69) is 4.98 Å². The molecule has 0 saturated heterocycles. The number of pyridine rings is 1. The highest BCUT2D eigenvalue weighted by Gasteiger charge is 2.25. The second kappa shape index (κ2) is 6.64. The molecule has 1 aromatic carbocycles. The summed E-state index contributed by atoms with van der Waals surface area (Å²) in [7, 11) is 1.32. The van der Waals surface area contributed by atoms with Crippen LogP contribution in [0.15, 0.2) is 30.3 Å². The van der Waals surface area contributed by atoms with Gasteiger partial charge >= 0.3 is 5.97 Å². The molecule has 0 aliphatic carbocycles. The predicted molar refractivity (Wildman–Crippen MR) is 93.6 cm³/mol. The lowest BCUT2D eigenvalue weighted by Gasteiger charge is -2.22. The molecule has 3 rings (SSSR count). The van der Waals surface area contributed by atoms with Crippen LogP contribution in [0.1, 0.15) is 42.6 Å². The highest BCUT2D eigenvalue weighted by atomic mass is 16.5. The Bertz CT molecular complexity index is 927. The first kappa shape index (κ1) is 17.1. The molecule has 1 N–H and O–H groups in total. The van der Waals surface area contributed by atoms with Gasteiger partial charge in [-0.25, -0.2) is 4.98 Å². The average molecular weight is 340 g/mol. The Morgan fingerprint density at radius 1 is 1.32 bits per heavy atom. The third-order valence-electron chi connectivity index (χ3n) is 4.31. The number of aliphatic hydroxyl groups is 1. The lowest BCUT2D eigenvalue weighted by molar-refractivity contribution is -0.140. The summed E-state index contributed by atoms with van der Waals surface area (Å²) in [4.78, 5) is 28.4. The largest absolute Gasteiger partial charge is 0.469 e. The molecule has 1 unspecified atom stereocenters. The summed E-state index contributed by atoms with van der Waals surface area (Å²) in [6, 6.07) is 9.44. The van der Waals surface area contributed by atoms with E-state index in [1.54, 1.807) is 17.6 Å². The van der Waals surface area contributed by atoms with Crippen molar-refractivity contribution in [1.82, 2.24) is 9.55 Å². The third kappa shape index (κ3) is 3.00. The highest BCUT2D eigenvalue weighted by molar-refractivity contribution is 6.02. The molecule has 0 bridgehead atoms. The normalized spacial score (nSPS) is 12.5. The van der Waals surface area contributed by atoms with Gasteiger partial charge in [0.25, 0.3) is 0 Å². The van der Waals surface area contributed by atoms with Gasteiger partial charge in [-0.05, 0) is 19.1 Å². The van der Waals surface area contributed by atoms with Crippen LogP contribution in [0.2, 0.25) is 0 Å². The summed E-state index contributed by atoms with van der Waals surface area (Å²) < 4.78 is 6.37. The molecular formula is C19H20N2O4. The first-order valence-electron chi connectivity index (χ1n) is 8.11. The Kier molecular flexibility index (Phi) is 4.55. The van der Waals surface area contributed by atoms with Gasteiger partial charge in [-0.15, -0.1) is 0 Å². The average Bonchev–Trinajstić information content (AvgIpc) is 2.95. The zero-order valence-corrected chi connectivity index (χ0v) is 14.4. The maximum Gasteiger partial charge on any atom is 0.307 e. The Labute approximate surface area is 145 Å². The van der Waals surface area contributed by atoms with E-state index < -0.39 is 6.10 Å². The number of benzene rings is 1. The summed E-state index contributed by atoms with van der Waals surface area (Å²) in [5.41, 5.74) is 3.24. The maximum atomic E-state index is 12.2. The molecule has 2 heterocycles. The number of fused-ring (bicyclic) bond motifs is 3. The van der Waals surface area contributed by atoms with Crippen molar-refractivity contribution in [3.8, 4) is 11.3 Å². The van der Waals surface area contributed by atoms with E-state index in [-0.39, 0.29) is 24.7 Å². The molecule has 0 saturated carbocycles. The molecule has 0 fully saturated rings. The van der Waals surface area contributed by atoms with Crippen LogP contribution in [0.4, 0.5) is 0 Å². The summed E-state index contributed by atoms with van der Waals surface area (Å²) in [6.07, 6.45) is -0.740. The van der Waals surface area contributed by atoms with Crippen LogP contribution in [-0.4, -0.2) is 33.5 Å². The number of hydrogen-bond donors (Lipinski definition) is 1. The number of para-hydroxylation sites is 1. The zero-order valence-electron chi connectivity index (χ0n) is 14.4. The van der Waals surface area contributed by atoms with Gasteiger partial charge < -0.3 is 14.4 Å². The van der Waals surface area contributed by atoms with Crippen LogP contribution in [-0.2, 0) is 16.1 Å². The van der Waals surface area contributed by atoms with Crippen molar-refractivity contribution >= 4 is 22.7 Å². The van der Waals surface area contributed by atoms with Crippen LogP contribution in [0.5, 0.6) is 0 Å². The molecule has 6 nitrogen and oxygen atoms in total. The number of esters is 1. The quantitative estimate of drug-likeness (QED) is 0.570. The van der Waals surface area contributed by atoms with Gasteiger partial charge in [0.05, 0.1) is 42.2 Å². The number of Topliss-reactive ketones (excluding diaryl/α,β-unsaturated/α-hetero) is 1. The fourth-order valence-electron chi connectivity index (χ4n) is 3.18. The van der Waals surface area contributed by atoms with Crippen molar-refractivity contribution < 1.29 is 19.4 Å². The molecule has 130 valence electrons. The summed E-state index contributed by atoms with van der Waals surface area (Å²) in [5, 5.41) is 11.3. The number of hydrogen-bond acceptors (Lipinski definition) is 5. The zero-order chi connectivity index (χ0) is 18.1. The molecule has 25 heavy (non-hydrogen) atoms. The van der Waals surface area contributed by atoms with Gasteiger partial charge in [-0.1, -0.05) is 18.2 Å². The van der Waals surface area contributed by atoms with E-state index in [0.717, 1.165) is 16.5 Å². The molecule has 0 aromatic heterocycles. The van der Waals surface area contributed by atoms with Crippen LogP contribution >= 0.6 is 0 Å². The molecular weight excluding hydrogens is 320 g/mol. The maximum absolute atomic E-state index is 12.2. The van der Waals surface area contributed by atoms with E-state index in [1.165, 1.54) is 14.0 Å². The van der Waals surface area contributed by atoms with Crippen molar-refractivity contribution in [2.24, 2.45) is 0 Å². The van der Waals surface area contributed by atoms with Crippen LogP contribution in [0.25, 0.3) is 22.2 Å². The van der Waals surface area contributed by atoms with Crippen LogP contribution in [0.3, 0.4) is 0 Å². The van der Waals surface area contributed by atoms with E-state index >= 15 is 0 Å². The lowest BCUT2D eigenvalue weighted by atomic mass is 10.0. The fourth-order valence-corrected chi connectivity index (χ4v) is 3.18. The van der Waals surface area contributed by atoms with E-state index in [9.17, 15) is 14.7 Å². The molecule has 2 aliphatic rings. The van der Waals surface area contributed by atoms with E-state index in [1.807, 2.05) is 24.3 Å². The number of aromatic nitrogens is 2. The Morgan fingerprint density at radius 3 is 2.68 bits per heavy atom. The Morgan fingerprint density at radius 2 is 2.04 bits per heavy atom. The monoisotopic (exact) mass is 340 g/mol. The van der Waals surface area contributed by atoms with Crippen molar-refractivity contribution in [1.29, 1.82) is 0 Å². The van der Waals surface area contributed by atoms with Crippen molar-refractivity contribution in [2.45, 2.75) is 32.9 Å². The predicted octanol–water partition coefficient (Wildman–Crippen LogP) is 2.96. The molecule has 0 amide bonds. The second-order valence-electron chi connectivity index (χ2n) is 6.02. The van der Waals surface area contributed by atoms with Crippen molar-refractivity contribution in [3.63, 3.8) is 0 Å². The number of carbonyl (C=O) groups is 2. The van der Waals surface area contributed by atoms with E-state index in [4.69, 9.17) is 4.74 Å². The first-order valence-corrected chi connectivity index (χ1v) is 8.11. The van der Waals surface area contributed by atoms with Gasteiger partial charge in [0.15, 0.2) is 5.78 Å². The molecule has 1 atom stereocenters. The SMILES string of the molecule is COC(=O)CCn1c(C(C)=O)cc2c3ccccc3nc-2c1C(C)O. The van der Waals surface area contributed by atoms with Crippen molar-refractivity contribution in [3.05, 3.63) is 41.7 Å². The van der Waals surface area contributed by atoms with Gasteiger partial charge in [0.1, 0.15) is 0 Å². The van der Waals surface area contributed by atoms with Gasteiger partial charge in [-0.2, -0.15) is 0 Å². The lowest BCUT2D eigenvalue weighted by Crippen LogP contribution is -2.20. The molecule has 0 spiro atoms. The summed E-state index contributed by atoms with van der Waals surface area (Å²) in [6.45, 7) is 3.34. The van der Waals surface area contributed by atoms with Crippen LogP contribution in [0, 0.1) is 0 Å². The van der Waals surface area contributed by atoms with Gasteiger partial charge in [-0.3, -0.25) is 9.59 Å². The minimum atomic E-state index is -0.844. The number of nitrogens with zero attached hydrogens (tertiary/aromatic N) is 2. The van der Waals surface area contributed by atoms with Crippen molar-refractivity contribution in [2.75, 3.05) is 7.11 Å². The molecule has 1 aromatic rings. The van der Waals surface area contributed by atoms with Gasteiger partial charge in [0.2, 0.25) is 0 Å². The number of carbonyl (C=O) groups excluding carboxylic acids is 2. The number of aliphatic hydroxyl groups excluding tert-OH is 1. The molecule has 2 aliphatic heterocycles. The van der Waals surface area contributed by atoms with E-state index in [0.29, 0.717) is 17.1 Å². The fraction of sp³-hybridized carbons (Fsp3) is 0.316. The Hall–Kier alpha value is -2.73.